The van der Waals surface area contributed by atoms with Crippen LogP contribution in [-0.4, -0.2) is 35.4 Å². The van der Waals surface area contributed by atoms with Crippen molar-refractivity contribution in [1.82, 2.24) is 15.2 Å². The number of rotatable bonds is 5. The van der Waals surface area contributed by atoms with Crippen LogP contribution in [0, 0.1) is 11.2 Å². The molecule has 32 heavy (non-hydrogen) atoms. The van der Waals surface area contributed by atoms with Gasteiger partial charge in [-0.1, -0.05) is 32.9 Å². The number of hydrogen-bond acceptors (Lipinski definition) is 3. The smallest absolute Gasteiger partial charge is 0.224 e. The third kappa shape index (κ3) is 5.37. The van der Waals surface area contributed by atoms with Crippen molar-refractivity contribution in [2.75, 3.05) is 19.6 Å². The molecule has 5 heteroatoms. The van der Waals surface area contributed by atoms with Crippen molar-refractivity contribution in [1.29, 1.82) is 0 Å². The second kappa shape index (κ2) is 9.30. The molecule has 0 radical (unpaired) electrons. The van der Waals surface area contributed by atoms with Gasteiger partial charge in [-0.15, -0.1) is 0 Å². The Morgan fingerprint density at radius 1 is 1.22 bits per heavy atom. The molecule has 1 atom stereocenters. The predicted molar refractivity (Wildman–Crippen MR) is 126 cm³/mol. The third-order valence-corrected chi connectivity index (χ3v) is 7.29. The van der Waals surface area contributed by atoms with Crippen LogP contribution in [0.4, 0.5) is 4.39 Å². The average molecular weight is 438 g/mol. The molecule has 0 bridgehead atoms. The van der Waals surface area contributed by atoms with Crippen molar-refractivity contribution in [2.24, 2.45) is 5.41 Å². The van der Waals surface area contributed by atoms with Crippen molar-refractivity contribution in [3.05, 3.63) is 65.2 Å². The Bertz CT molecular complexity index is 930. The topological polar surface area (TPSA) is 45.2 Å². The maximum Gasteiger partial charge on any atom is 0.224 e. The lowest BCUT2D eigenvalue weighted by atomic mass is 9.63. The van der Waals surface area contributed by atoms with E-state index in [1.807, 2.05) is 18.2 Å². The number of carbonyl (C=O) groups excluding carboxylic acids is 1. The number of piperidine rings is 1. The maximum atomic E-state index is 14.3. The lowest BCUT2D eigenvalue weighted by Gasteiger charge is -2.47. The van der Waals surface area contributed by atoms with Crippen LogP contribution in [0.5, 0.6) is 0 Å². The van der Waals surface area contributed by atoms with Gasteiger partial charge in [-0.2, -0.15) is 0 Å². The van der Waals surface area contributed by atoms with Gasteiger partial charge in [0, 0.05) is 12.4 Å². The summed E-state index contributed by atoms with van der Waals surface area (Å²) in [6.45, 7) is 10.1. The van der Waals surface area contributed by atoms with Gasteiger partial charge in [0.2, 0.25) is 5.91 Å². The number of amides is 1. The Morgan fingerprint density at radius 2 is 2.00 bits per heavy atom. The molecule has 2 heterocycles. The van der Waals surface area contributed by atoms with Gasteiger partial charge in [0.25, 0.3) is 0 Å². The summed E-state index contributed by atoms with van der Waals surface area (Å²) in [5.41, 5.74) is 3.49. The van der Waals surface area contributed by atoms with E-state index < -0.39 is 0 Å². The first-order chi connectivity index (χ1) is 15.2. The minimum Gasteiger partial charge on any atom is -0.349 e. The Morgan fingerprint density at radius 3 is 2.69 bits per heavy atom. The Balaban J connectivity index is 1.46. The van der Waals surface area contributed by atoms with E-state index in [9.17, 15) is 9.18 Å². The number of halogens is 1. The molecular formula is C27H36FN3O. The van der Waals surface area contributed by atoms with E-state index >= 15 is 0 Å². The second-order valence-corrected chi connectivity index (χ2v) is 10.9. The van der Waals surface area contributed by atoms with Crippen molar-refractivity contribution >= 4 is 5.91 Å². The Labute approximate surface area is 191 Å². The number of nitrogens with one attached hydrogen (secondary N) is 1. The van der Waals surface area contributed by atoms with Gasteiger partial charge in [-0.25, -0.2) is 4.39 Å². The summed E-state index contributed by atoms with van der Waals surface area (Å²) in [5, 5.41) is 3.21. The molecule has 1 fully saturated rings. The molecule has 4 rings (SSSR count). The SMILES string of the molecule is CC(C)(C)CCN1CCC2(CC[C@H](NC(=O)Cc3cccnc3)c3ccc(F)cc32)CC1. The van der Waals surface area contributed by atoms with Crippen LogP contribution in [0.15, 0.2) is 42.7 Å². The van der Waals surface area contributed by atoms with E-state index in [-0.39, 0.29) is 23.2 Å². The van der Waals surface area contributed by atoms with Crippen LogP contribution in [0.1, 0.15) is 75.6 Å². The van der Waals surface area contributed by atoms with Crippen LogP contribution in [0.3, 0.4) is 0 Å². The molecule has 1 aromatic carbocycles. The summed E-state index contributed by atoms with van der Waals surface area (Å²) in [7, 11) is 0. The highest BCUT2D eigenvalue weighted by atomic mass is 19.1. The predicted octanol–water partition coefficient (Wildman–Crippen LogP) is 5.18. The van der Waals surface area contributed by atoms with Gasteiger partial charge < -0.3 is 10.2 Å². The molecular weight excluding hydrogens is 401 g/mol. The zero-order chi connectivity index (χ0) is 22.8. The minimum atomic E-state index is -0.180. The van der Waals surface area contributed by atoms with Crippen molar-refractivity contribution in [3.63, 3.8) is 0 Å². The number of benzene rings is 1. The fourth-order valence-corrected chi connectivity index (χ4v) is 5.30. The van der Waals surface area contributed by atoms with Crippen LogP contribution >= 0.6 is 0 Å². The standard InChI is InChI=1S/C27H36FN3O/c1-26(2,3)10-14-31-15-11-27(12-16-31)9-8-24(22-7-6-21(28)18-23(22)27)30-25(32)17-20-5-4-13-29-19-20/h4-7,13,18-19,24H,8-12,14-17H2,1-3H3,(H,30,32)/t24-/m0/s1. The molecule has 1 N–H and O–H groups in total. The van der Waals surface area contributed by atoms with E-state index in [1.165, 1.54) is 12.5 Å². The highest BCUT2D eigenvalue weighted by molar-refractivity contribution is 5.79. The zero-order valence-electron chi connectivity index (χ0n) is 19.7. The van der Waals surface area contributed by atoms with Gasteiger partial charge in [-0.05, 0) is 97.5 Å². The van der Waals surface area contributed by atoms with Gasteiger partial charge in [0.15, 0.2) is 0 Å². The highest BCUT2D eigenvalue weighted by Gasteiger charge is 2.42. The summed E-state index contributed by atoms with van der Waals surface area (Å²) in [5.74, 6) is -0.188. The van der Waals surface area contributed by atoms with E-state index in [2.05, 4.69) is 36.0 Å². The first-order valence-corrected chi connectivity index (χ1v) is 11.9. The van der Waals surface area contributed by atoms with Crippen LogP contribution in [0.2, 0.25) is 0 Å². The molecule has 1 saturated heterocycles. The molecule has 2 aliphatic rings. The van der Waals surface area contributed by atoms with Gasteiger partial charge in [0.05, 0.1) is 12.5 Å². The van der Waals surface area contributed by atoms with E-state index in [1.54, 1.807) is 18.5 Å². The Hall–Kier alpha value is -2.27. The molecule has 1 amide bonds. The number of carbonyl (C=O) groups is 1. The molecule has 1 aliphatic carbocycles. The summed E-state index contributed by atoms with van der Waals surface area (Å²) < 4.78 is 14.3. The zero-order valence-corrected chi connectivity index (χ0v) is 19.7. The molecule has 0 saturated carbocycles. The van der Waals surface area contributed by atoms with Crippen LogP contribution in [0.25, 0.3) is 0 Å². The van der Waals surface area contributed by atoms with Crippen LogP contribution in [-0.2, 0) is 16.6 Å². The quantitative estimate of drug-likeness (QED) is 0.701. The van der Waals surface area contributed by atoms with Gasteiger partial charge in [-0.3, -0.25) is 9.78 Å². The summed E-state index contributed by atoms with van der Waals surface area (Å²) in [6, 6.07) is 8.88. The molecule has 1 aliphatic heterocycles. The fraction of sp³-hybridized carbons (Fsp3) is 0.556. The second-order valence-electron chi connectivity index (χ2n) is 10.9. The first kappa shape index (κ1) is 22.9. The minimum absolute atomic E-state index is 0.00813. The number of aromatic nitrogens is 1. The monoisotopic (exact) mass is 437 g/mol. The number of likely N-dealkylation sites (tertiary alicyclic amines) is 1. The molecule has 0 unspecified atom stereocenters. The lowest BCUT2D eigenvalue weighted by molar-refractivity contribution is -0.121. The number of hydrogen-bond donors (Lipinski definition) is 1. The summed E-state index contributed by atoms with van der Waals surface area (Å²) in [4.78, 5) is 19.4. The van der Waals surface area contributed by atoms with E-state index in [0.29, 0.717) is 11.8 Å². The normalized spacial score (nSPS) is 20.7. The number of pyridine rings is 1. The molecule has 2 aromatic rings. The fourth-order valence-electron chi connectivity index (χ4n) is 5.30. The molecule has 1 aromatic heterocycles. The van der Waals surface area contributed by atoms with E-state index in [0.717, 1.165) is 62.0 Å². The molecule has 172 valence electrons. The highest BCUT2D eigenvalue weighted by Crippen LogP contribution is 2.48. The molecule has 1 spiro atoms. The Kier molecular flexibility index (Phi) is 6.66. The van der Waals surface area contributed by atoms with Crippen molar-refractivity contribution < 1.29 is 9.18 Å². The summed E-state index contributed by atoms with van der Waals surface area (Å²) in [6.07, 6.45) is 8.96. The first-order valence-electron chi connectivity index (χ1n) is 11.9. The number of fused-ring (bicyclic) bond motifs is 2. The average Bonchev–Trinajstić information content (AvgIpc) is 2.76. The number of nitrogens with zero attached hydrogens (tertiary/aromatic N) is 2. The van der Waals surface area contributed by atoms with Crippen molar-refractivity contribution in [2.45, 2.75) is 70.8 Å². The van der Waals surface area contributed by atoms with Gasteiger partial charge in [0.1, 0.15) is 5.82 Å². The third-order valence-electron chi connectivity index (χ3n) is 7.29. The van der Waals surface area contributed by atoms with E-state index in [4.69, 9.17) is 0 Å². The lowest BCUT2D eigenvalue weighted by Crippen LogP contribution is -2.47. The maximum absolute atomic E-state index is 14.3. The van der Waals surface area contributed by atoms with Gasteiger partial charge >= 0.3 is 0 Å². The largest absolute Gasteiger partial charge is 0.349 e. The molecule has 4 nitrogen and oxygen atoms in total. The van der Waals surface area contributed by atoms with Crippen LogP contribution < -0.4 is 5.32 Å². The van der Waals surface area contributed by atoms with Crippen molar-refractivity contribution in [3.8, 4) is 0 Å². The summed E-state index contributed by atoms with van der Waals surface area (Å²) >= 11 is 0.